The standard InChI is InChI=1S/C26H42O3/c1-17(6-5-7-24(28)29-4)21-10-11-22-20-9-8-18-16-19(27)12-14-25(18,2)23(20)13-15-26(21,22)3/h17-18,20-23H,5-16H2,1-4H3/t17?,18?,20?,21?,22?,23?,25-,26-/m0/s1. The highest BCUT2D eigenvalue weighted by Gasteiger charge is 2.60. The molecule has 4 fully saturated rings. The van der Waals surface area contributed by atoms with Gasteiger partial charge in [0.25, 0.3) is 0 Å². The summed E-state index contributed by atoms with van der Waals surface area (Å²) in [5.74, 6) is 5.23. The Bertz CT molecular complexity index is 642. The maximum Gasteiger partial charge on any atom is 0.305 e. The Morgan fingerprint density at radius 3 is 2.59 bits per heavy atom. The third-order valence-electron chi connectivity index (χ3n) is 10.5. The summed E-state index contributed by atoms with van der Waals surface area (Å²) in [7, 11) is 1.49. The molecule has 0 amide bonds. The first-order valence-corrected chi connectivity index (χ1v) is 12.4. The van der Waals surface area contributed by atoms with Crippen LogP contribution in [0.4, 0.5) is 0 Å². The van der Waals surface area contributed by atoms with E-state index in [0.29, 0.717) is 34.9 Å². The normalized spacial score (nSPS) is 45.1. The van der Waals surface area contributed by atoms with Gasteiger partial charge < -0.3 is 4.74 Å². The third-order valence-corrected chi connectivity index (χ3v) is 10.5. The van der Waals surface area contributed by atoms with Crippen molar-refractivity contribution in [1.82, 2.24) is 0 Å². The molecule has 0 aromatic rings. The molecule has 6 unspecified atom stereocenters. The summed E-state index contributed by atoms with van der Waals surface area (Å²) in [5, 5.41) is 0. The number of ketones is 1. The number of hydrogen-bond acceptors (Lipinski definition) is 3. The van der Waals surface area contributed by atoms with E-state index < -0.39 is 0 Å². The van der Waals surface area contributed by atoms with Gasteiger partial charge in [-0.1, -0.05) is 20.8 Å². The second-order valence-electron chi connectivity index (χ2n) is 11.6. The third kappa shape index (κ3) is 3.59. The van der Waals surface area contributed by atoms with Gasteiger partial charge in [0.15, 0.2) is 0 Å². The zero-order chi connectivity index (χ0) is 20.8. The average molecular weight is 403 g/mol. The van der Waals surface area contributed by atoms with Crippen molar-refractivity contribution in [3.63, 3.8) is 0 Å². The monoisotopic (exact) mass is 402 g/mol. The fourth-order valence-corrected chi connectivity index (χ4v) is 8.89. The molecule has 8 atom stereocenters. The van der Waals surface area contributed by atoms with Gasteiger partial charge in [-0.05, 0) is 104 Å². The number of carbonyl (C=O) groups excluding carboxylic acids is 2. The van der Waals surface area contributed by atoms with E-state index in [2.05, 4.69) is 20.8 Å². The van der Waals surface area contributed by atoms with Crippen LogP contribution in [0, 0.1) is 46.3 Å². The van der Waals surface area contributed by atoms with Crippen molar-refractivity contribution in [1.29, 1.82) is 0 Å². The fourth-order valence-electron chi connectivity index (χ4n) is 8.89. The highest BCUT2D eigenvalue weighted by Crippen LogP contribution is 2.68. The first-order chi connectivity index (χ1) is 13.8. The number of methoxy groups -OCH3 is 1. The predicted octanol–water partition coefficient (Wildman–Crippen LogP) is 6.19. The Morgan fingerprint density at radius 2 is 1.83 bits per heavy atom. The maximum absolute atomic E-state index is 12.1. The van der Waals surface area contributed by atoms with Crippen LogP contribution >= 0.6 is 0 Å². The molecule has 4 saturated carbocycles. The summed E-state index contributed by atoms with van der Waals surface area (Å²) in [6.07, 6.45) is 13.7. The van der Waals surface area contributed by atoms with E-state index in [1.165, 1.54) is 45.6 Å². The quantitative estimate of drug-likeness (QED) is 0.515. The van der Waals surface area contributed by atoms with Crippen molar-refractivity contribution in [3.05, 3.63) is 0 Å². The zero-order valence-electron chi connectivity index (χ0n) is 19.2. The summed E-state index contributed by atoms with van der Waals surface area (Å²) in [4.78, 5) is 23.6. The molecule has 0 spiro atoms. The molecule has 29 heavy (non-hydrogen) atoms. The van der Waals surface area contributed by atoms with Crippen molar-refractivity contribution >= 4 is 11.8 Å². The molecule has 0 aromatic carbocycles. The van der Waals surface area contributed by atoms with Crippen LogP contribution in [0.3, 0.4) is 0 Å². The van der Waals surface area contributed by atoms with E-state index in [1.54, 1.807) is 0 Å². The molecule has 0 bridgehead atoms. The number of Topliss-reactive ketones (excluding diaryl/α,β-unsaturated/α-hetero) is 1. The molecule has 0 saturated heterocycles. The van der Waals surface area contributed by atoms with Crippen LogP contribution in [0.1, 0.15) is 97.8 Å². The van der Waals surface area contributed by atoms with Crippen LogP contribution in [0.2, 0.25) is 0 Å². The van der Waals surface area contributed by atoms with Gasteiger partial charge in [-0.15, -0.1) is 0 Å². The SMILES string of the molecule is COC(=O)CCCC(C)C1CCC2C3CCC4CC(=O)CC[C@]4(C)C3CC[C@@]12C. The fraction of sp³-hybridized carbons (Fsp3) is 0.923. The van der Waals surface area contributed by atoms with E-state index in [9.17, 15) is 9.59 Å². The molecule has 0 N–H and O–H groups in total. The van der Waals surface area contributed by atoms with Crippen molar-refractivity contribution in [2.75, 3.05) is 7.11 Å². The van der Waals surface area contributed by atoms with Gasteiger partial charge in [0.2, 0.25) is 0 Å². The average Bonchev–Trinajstić information content (AvgIpc) is 3.05. The minimum atomic E-state index is -0.0656. The molecule has 4 aliphatic rings. The molecule has 0 heterocycles. The number of rotatable bonds is 5. The Balaban J connectivity index is 1.44. The molecule has 164 valence electrons. The van der Waals surface area contributed by atoms with Gasteiger partial charge in [-0.2, -0.15) is 0 Å². The Hall–Kier alpha value is -0.860. The van der Waals surface area contributed by atoms with E-state index in [0.717, 1.165) is 55.8 Å². The summed E-state index contributed by atoms with van der Waals surface area (Å²) >= 11 is 0. The molecule has 0 radical (unpaired) electrons. The van der Waals surface area contributed by atoms with Crippen molar-refractivity contribution < 1.29 is 14.3 Å². The molecule has 3 nitrogen and oxygen atoms in total. The molecular formula is C26H42O3. The van der Waals surface area contributed by atoms with E-state index in [1.807, 2.05) is 0 Å². The molecular weight excluding hydrogens is 360 g/mol. The van der Waals surface area contributed by atoms with E-state index in [4.69, 9.17) is 4.74 Å². The first-order valence-electron chi connectivity index (χ1n) is 12.4. The van der Waals surface area contributed by atoms with Crippen LogP contribution < -0.4 is 0 Å². The predicted molar refractivity (Wildman–Crippen MR) is 115 cm³/mol. The molecule has 0 aromatic heterocycles. The van der Waals surface area contributed by atoms with Gasteiger partial charge >= 0.3 is 5.97 Å². The van der Waals surface area contributed by atoms with Crippen LogP contribution in [0.25, 0.3) is 0 Å². The van der Waals surface area contributed by atoms with Crippen LogP contribution in [-0.2, 0) is 14.3 Å². The largest absolute Gasteiger partial charge is 0.469 e. The Morgan fingerprint density at radius 1 is 1.07 bits per heavy atom. The minimum Gasteiger partial charge on any atom is -0.469 e. The molecule has 4 rings (SSSR count). The first kappa shape index (κ1) is 21.4. The summed E-state index contributed by atoms with van der Waals surface area (Å²) in [6, 6.07) is 0. The summed E-state index contributed by atoms with van der Waals surface area (Å²) < 4.78 is 4.82. The second kappa shape index (κ2) is 8.00. The van der Waals surface area contributed by atoms with Gasteiger partial charge in [0.1, 0.15) is 5.78 Å². The van der Waals surface area contributed by atoms with Crippen LogP contribution in [0.5, 0.6) is 0 Å². The van der Waals surface area contributed by atoms with Gasteiger partial charge in [-0.3, -0.25) is 9.59 Å². The molecule has 4 aliphatic carbocycles. The number of esters is 1. The smallest absolute Gasteiger partial charge is 0.305 e. The Kier molecular flexibility index (Phi) is 5.90. The van der Waals surface area contributed by atoms with Crippen molar-refractivity contribution in [2.24, 2.45) is 46.3 Å². The van der Waals surface area contributed by atoms with Crippen LogP contribution in [0.15, 0.2) is 0 Å². The van der Waals surface area contributed by atoms with Gasteiger partial charge in [0, 0.05) is 19.3 Å². The number of fused-ring (bicyclic) bond motifs is 5. The molecule has 0 aliphatic heterocycles. The molecule has 3 heteroatoms. The van der Waals surface area contributed by atoms with Crippen LogP contribution in [-0.4, -0.2) is 18.9 Å². The zero-order valence-corrected chi connectivity index (χ0v) is 19.2. The van der Waals surface area contributed by atoms with Gasteiger partial charge in [0.05, 0.1) is 7.11 Å². The van der Waals surface area contributed by atoms with Gasteiger partial charge in [-0.25, -0.2) is 0 Å². The highest BCUT2D eigenvalue weighted by atomic mass is 16.5. The minimum absolute atomic E-state index is 0.0656. The lowest BCUT2D eigenvalue weighted by Crippen LogP contribution is -2.53. The van der Waals surface area contributed by atoms with Crippen molar-refractivity contribution in [2.45, 2.75) is 97.8 Å². The summed E-state index contributed by atoms with van der Waals surface area (Å²) in [6.45, 7) is 7.60. The highest BCUT2D eigenvalue weighted by molar-refractivity contribution is 5.79. The number of ether oxygens (including phenoxy) is 1. The Labute approximate surface area is 177 Å². The second-order valence-corrected chi connectivity index (χ2v) is 11.6. The lowest BCUT2D eigenvalue weighted by Gasteiger charge is -2.60. The summed E-state index contributed by atoms with van der Waals surface area (Å²) in [5.41, 5.74) is 0.905. The van der Waals surface area contributed by atoms with Crippen molar-refractivity contribution in [3.8, 4) is 0 Å². The maximum atomic E-state index is 12.1. The topological polar surface area (TPSA) is 43.4 Å². The number of carbonyl (C=O) groups is 2. The lowest BCUT2D eigenvalue weighted by molar-refractivity contribution is -0.141. The van der Waals surface area contributed by atoms with E-state index in [-0.39, 0.29) is 5.97 Å². The van der Waals surface area contributed by atoms with E-state index >= 15 is 0 Å². The number of hydrogen-bond donors (Lipinski definition) is 0. The lowest BCUT2D eigenvalue weighted by atomic mass is 9.44.